The molecule has 0 aliphatic carbocycles. The summed E-state index contributed by atoms with van der Waals surface area (Å²) in [6.07, 6.45) is 1.65. The molecule has 1 aromatic heterocycles. The highest BCUT2D eigenvalue weighted by molar-refractivity contribution is 6.34. The number of hydrogen-bond donors (Lipinski definition) is 2. The van der Waals surface area contributed by atoms with Gasteiger partial charge in [0.25, 0.3) is 5.91 Å². The molecule has 0 aliphatic heterocycles. The van der Waals surface area contributed by atoms with E-state index in [2.05, 4.69) is 15.5 Å². The molecule has 0 spiro atoms. The maximum Gasteiger partial charge on any atom is 0.257 e. The molecule has 1 amide bonds. The van der Waals surface area contributed by atoms with Gasteiger partial charge in [0, 0.05) is 17.4 Å². The summed E-state index contributed by atoms with van der Waals surface area (Å²) in [5, 5.41) is 9.56. The lowest BCUT2D eigenvalue weighted by molar-refractivity contribution is 0.102. The minimum Gasteiger partial charge on any atom is -0.322 e. The van der Waals surface area contributed by atoms with E-state index in [1.807, 2.05) is 24.3 Å². The largest absolute Gasteiger partial charge is 0.322 e. The molecule has 4 nitrogen and oxygen atoms in total. The third-order valence-electron chi connectivity index (χ3n) is 3.11. The Morgan fingerprint density at radius 3 is 2.77 bits per heavy atom. The summed E-state index contributed by atoms with van der Waals surface area (Å²) in [6, 6.07) is 12.8. The summed E-state index contributed by atoms with van der Waals surface area (Å²) in [5.41, 5.74) is 2.56. The summed E-state index contributed by atoms with van der Waals surface area (Å²) in [4.78, 5) is 12.2. The average Bonchev–Trinajstić information content (AvgIpc) is 3.01. The van der Waals surface area contributed by atoms with Crippen LogP contribution in [-0.2, 0) is 0 Å². The minimum atomic E-state index is -0.484. The SMILES string of the molecule is O=C(Nc1cccc(-c2ccn[nH]2)c1)c1ccc(F)cc1Cl. The van der Waals surface area contributed by atoms with Crippen molar-refractivity contribution in [2.45, 2.75) is 0 Å². The van der Waals surface area contributed by atoms with Crippen molar-refractivity contribution in [1.29, 1.82) is 0 Å². The Labute approximate surface area is 130 Å². The summed E-state index contributed by atoms with van der Waals surface area (Å²) in [6.45, 7) is 0. The Morgan fingerprint density at radius 2 is 2.05 bits per heavy atom. The third kappa shape index (κ3) is 2.99. The number of halogens is 2. The van der Waals surface area contributed by atoms with Gasteiger partial charge in [0.15, 0.2) is 0 Å². The highest BCUT2D eigenvalue weighted by Crippen LogP contribution is 2.22. The van der Waals surface area contributed by atoms with Gasteiger partial charge in [0.1, 0.15) is 5.82 Å². The van der Waals surface area contributed by atoms with Gasteiger partial charge in [0.2, 0.25) is 0 Å². The quantitative estimate of drug-likeness (QED) is 0.763. The van der Waals surface area contributed by atoms with E-state index in [9.17, 15) is 9.18 Å². The van der Waals surface area contributed by atoms with Crippen molar-refractivity contribution in [2.75, 3.05) is 5.32 Å². The smallest absolute Gasteiger partial charge is 0.257 e. The molecule has 6 heteroatoms. The third-order valence-corrected chi connectivity index (χ3v) is 3.42. The Hall–Kier alpha value is -2.66. The van der Waals surface area contributed by atoms with Gasteiger partial charge in [-0.25, -0.2) is 4.39 Å². The number of anilines is 1. The molecule has 0 atom stereocenters. The van der Waals surface area contributed by atoms with Crippen LogP contribution in [0.15, 0.2) is 54.7 Å². The molecule has 0 aliphatic rings. The van der Waals surface area contributed by atoms with E-state index in [1.54, 1.807) is 12.3 Å². The Kier molecular flexibility index (Phi) is 3.89. The van der Waals surface area contributed by atoms with Crippen molar-refractivity contribution >= 4 is 23.2 Å². The topological polar surface area (TPSA) is 57.8 Å². The van der Waals surface area contributed by atoms with Crippen LogP contribution in [-0.4, -0.2) is 16.1 Å². The number of carbonyl (C=O) groups excluding carboxylic acids is 1. The fourth-order valence-corrected chi connectivity index (χ4v) is 2.31. The Bertz CT molecular complexity index is 818. The van der Waals surface area contributed by atoms with E-state index in [4.69, 9.17) is 11.6 Å². The van der Waals surface area contributed by atoms with E-state index >= 15 is 0 Å². The number of rotatable bonds is 3. The Morgan fingerprint density at radius 1 is 1.18 bits per heavy atom. The van der Waals surface area contributed by atoms with Crippen LogP contribution in [0.3, 0.4) is 0 Å². The van der Waals surface area contributed by atoms with Crippen molar-refractivity contribution in [3.8, 4) is 11.3 Å². The van der Waals surface area contributed by atoms with Crippen LogP contribution < -0.4 is 5.32 Å². The molecule has 2 N–H and O–H groups in total. The second kappa shape index (κ2) is 5.99. The van der Waals surface area contributed by atoms with Gasteiger partial charge in [-0.1, -0.05) is 23.7 Å². The lowest BCUT2D eigenvalue weighted by atomic mass is 10.1. The lowest BCUT2D eigenvalue weighted by Crippen LogP contribution is -2.12. The van der Waals surface area contributed by atoms with E-state index in [0.717, 1.165) is 17.3 Å². The van der Waals surface area contributed by atoms with Crippen molar-refractivity contribution < 1.29 is 9.18 Å². The number of H-pyrrole nitrogens is 1. The van der Waals surface area contributed by atoms with E-state index < -0.39 is 11.7 Å². The molecular weight excluding hydrogens is 305 g/mol. The number of aromatic nitrogens is 2. The number of amides is 1. The highest BCUT2D eigenvalue weighted by atomic mass is 35.5. The maximum absolute atomic E-state index is 13.0. The normalized spacial score (nSPS) is 10.5. The fraction of sp³-hybridized carbons (Fsp3) is 0. The van der Waals surface area contributed by atoms with Crippen LogP contribution in [0, 0.1) is 5.82 Å². The zero-order valence-electron chi connectivity index (χ0n) is 11.3. The van der Waals surface area contributed by atoms with Crippen LogP contribution in [0.25, 0.3) is 11.3 Å². The number of nitrogens with zero attached hydrogens (tertiary/aromatic N) is 1. The first kappa shape index (κ1) is 14.3. The molecule has 3 rings (SSSR count). The summed E-state index contributed by atoms with van der Waals surface area (Å²) >= 11 is 5.89. The molecule has 0 saturated carbocycles. The van der Waals surface area contributed by atoms with E-state index in [-0.39, 0.29) is 10.6 Å². The van der Waals surface area contributed by atoms with Gasteiger partial charge in [-0.2, -0.15) is 5.10 Å². The first-order valence-electron chi connectivity index (χ1n) is 6.50. The summed E-state index contributed by atoms with van der Waals surface area (Å²) < 4.78 is 13.0. The number of hydrogen-bond acceptors (Lipinski definition) is 2. The first-order chi connectivity index (χ1) is 10.6. The fourth-order valence-electron chi connectivity index (χ4n) is 2.05. The second-order valence-electron chi connectivity index (χ2n) is 4.63. The maximum atomic E-state index is 13.0. The molecule has 0 bridgehead atoms. The Balaban J connectivity index is 1.84. The molecule has 0 unspecified atom stereocenters. The minimum absolute atomic E-state index is 0.0715. The van der Waals surface area contributed by atoms with Gasteiger partial charge in [-0.15, -0.1) is 0 Å². The molecule has 0 saturated heterocycles. The molecule has 0 fully saturated rings. The van der Waals surface area contributed by atoms with Crippen LogP contribution in [0.1, 0.15) is 10.4 Å². The van der Waals surface area contributed by atoms with Gasteiger partial charge < -0.3 is 5.32 Å². The van der Waals surface area contributed by atoms with Gasteiger partial charge >= 0.3 is 0 Å². The molecule has 0 radical (unpaired) electrons. The van der Waals surface area contributed by atoms with Crippen molar-refractivity contribution in [2.24, 2.45) is 0 Å². The van der Waals surface area contributed by atoms with Crippen molar-refractivity contribution in [3.05, 3.63) is 71.1 Å². The number of aromatic amines is 1. The summed E-state index contributed by atoms with van der Waals surface area (Å²) in [5.74, 6) is -0.880. The van der Waals surface area contributed by atoms with Gasteiger partial charge in [-0.05, 0) is 36.4 Å². The molecule has 22 heavy (non-hydrogen) atoms. The highest BCUT2D eigenvalue weighted by Gasteiger charge is 2.11. The zero-order chi connectivity index (χ0) is 15.5. The van der Waals surface area contributed by atoms with Crippen LogP contribution in [0.4, 0.5) is 10.1 Å². The predicted octanol–water partition coefficient (Wildman–Crippen LogP) is 4.12. The zero-order valence-corrected chi connectivity index (χ0v) is 12.1. The average molecular weight is 316 g/mol. The van der Waals surface area contributed by atoms with Crippen LogP contribution in [0.2, 0.25) is 5.02 Å². The first-order valence-corrected chi connectivity index (χ1v) is 6.87. The summed E-state index contributed by atoms with van der Waals surface area (Å²) in [7, 11) is 0. The van der Waals surface area contributed by atoms with Gasteiger partial charge in [0.05, 0.1) is 16.3 Å². The van der Waals surface area contributed by atoms with Crippen molar-refractivity contribution in [1.82, 2.24) is 10.2 Å². The van der Waals surface area contributed by atoms with E-state index in [1.165, 1.54) is 12.1 Å². The molecule has 110 valence electrons. The number of nitrogens with one attached hydrogen (secondary N) is 2. The molecular formula is C16H11ClFN3O. The van der Waals surface area contributed by atoms with Crippen molar-refractivity contribution in [3.63, 3.8) is 0 Å². The van der Waals surface area contributed by atoms with Gasteiger partial charge in [-0.3, -0.25) is 9.89 Å². The molecule has 1 heterocycles. The molecule has 2 aromatic carbocycles. The molecule has 3 aromatic rings. The second-order valence-corrected chi connectivity index (χ2v) is 5.04. The predicted molar refractivity (Wildman–Crippen MR) is 83.4 cm³/mol. The monoisotopic (exact) mass is 315 g/mol. The standard InChI is InChI=1S/C16H11ClFN3O/c17-14-9-11(18)4-5-13(14)16(22)20-12-3-1-2-10(8-12)15-6-7-19-21-15/h1-9H,(H,19,21)(H,20,22). The number of benzene rings is 2. The number of carbonyl (C=O) groups is 1. The lowest BCUT2D eigenvalue weighted by Gasteiger charge is -2.08. The van der Waals surface area contributed by atoms with Crippen LogP contribution >= 0.6 is 11.6 Å². The van der Waals surface area contributed by atoms with E-state index in [0.29, 0.717) is 5.69 Å². The van der Waals surface area contributed by atoms with Crippen LogP contribution in [0.5, 0.6) is 0 Å².